The van der Waals surface area contributed by atoms with Crippen molar-refractivity contribution in [2.75, 3.05) is 40.0 Å². The van der Waals surface area contributed by atoms with Gasteiger partial charge in [0.15, 0.2) is 0 Å². The predicted octanol–water partition coefficient (Wildman–Crippen LogP) is 2.74. The van der Waals surface area contributed by atoms with Gasteiger partial charge in [-0.3, -0.25) is 19.4 Å². The number of hydrogen-bond acceptors (Lipinski definition) is 11. The maximum absolute atomic E-state index is 14.6. The van der Waals surface area contributed by atoms with Gasteiger partial charge >= 0.3 is 16.3 Å². The maximum atomic E-state index is 14.6. The molecule has 55 heavy (non-hydrogen) atoms. The number of carbonyl (C=O) groups is 4. The SMILES string of the molecule is C=C[C@@H]1C[C@]1(NC(=O)[C@H]1C[C@@H](Oc2ccnc3c(C)c(OC)ccc23)CN1C(=O)[C@@H](NC(=O)OC1CCCC1)C(C)(C)C)C(=O)NS(=O)(=O)N1CCOCC1. The van der Waals surface area contributed by atoms with Crippen LogP contribution in [0, 0.1) is 18.3 Å². The van der Waals surface area contributed by atoms with Crippen molar-refractivity contribution in [1.82, 2.24) is 29.5 Å². The molecule has 17 heteroatoms. The van der Waals surface area contributed by atoms with Crippen LogP contribution in [0.2, 0.25) is 0 Å². The van der Waals surface area contributed by atoms with Gasteiger partial charge in [0.25, 0.3) is 5.91 Å². The molecule has 0 radical (unpaired) electrons. The van der Waals surface area contributed by atoms with E-state index in [2.05, 4.69) is 26.9 Å². The molecule has 4 fully saturated rings. The third-order valence-corrected chi connectivity index (χ3v) is 12.5. The van der Waals surface area contributed by atoms with E-state index in [1.54, 1.807) is 40.1 Å². The van der Waals surface area contributed by atoms with Gasteiger partial charge in [0.2, 0.25) is 11.8 Å². The molecule has 0 spiro atoms. The first-order valence-corrected chi connectivity index (χ1v) is 20.2. The van der Waals surface area contributed by atoms with Crippen LogP contribution in [0.5, 0.6) is 11.5 Å². The molecule has 4 aliphatic rings. The molecule has 2 saturated carbocycles. The standard InChI is InChI=1S/C38H52N6O10S/c1-7-24-21-38(24,35(47)42-55(49,50)43-16-18-52-19-17-43)41-33(45)28-20-26(53-30-14-15-39-31-23(2)29(51-6)13-12-27(30)31)22-44(28)34(46)32(37(3,4)5)40-36(48)54-25-10-8-9-11-25/h7,12-15,24-26,28,32H,1,8-11,16-22H2,2-6H3,(H,40,48)(H,41,45)(H,42,47)/t24-,26-,28-,32-,38-/m1/s1. The van der Waals surface area contributed by atoms with E-state index >= 15 is 0 Å². The Bertz CT molecular complexity index is 1920. The zero-order valence-corrected chi connectivity index (χ0v) is 32.9. The van der Waals surface area contributed by atoms with Crippen LogP contribution >= 0.6 is 0 Å². The quantitative estimate of drug-likeness (QED) is 0.268. The average Bonchev–Trinajstić information content (AvgIpc) is 3.41. The van der Waals surface area contributed by atoms with Crippen molar-refractivity contribution >= 4 is 44.9 Å². The minimum Gasteiger partial charge on any atom is -0.496 e. The molecule has 3 heterocycles. The van der Waals surface area contributed by atoms with Crippen LogP contribution in [0.4, 0.5) is 4.79 Å². The van der Waals surface area contributed by atoms with E-state index < -0.39 is 69.1 Å². The smallest absolute Gasteiger partial charge is 0.408 e. The van der Waals surface area contributed by atoms with Crippen LogP contribution in [0.1, 0.15) is 64.9 Å². The summed E-state index contributed by atoms with van der Waals surface area (Å²) in [5.41, 5.74) is -0.937. The number of likely N-dealkylation sites (tertiary alicyclic amines) is 1. The molecular weight excluding hydrogens is 733 g/mol. The van der Waals surface area contributed by atoms with E-state index in [0.29, 0.717) is 22.4 Å². The van der Waals surface area contributed by atoms with Gasteiger partial charge in [0, 0.05) is 42.6 Å². The molecule has 16 nitrogen and oxygen atoms in total. The Morgan fingerprint density at radius 2 is 1.78 bits per heavy atom. The highest BCUT2D eigenvalue weighted by Gasteiger charge is 2.62. The molecule has 0 unspecified atom stereocenters. The Morgan fingerprint density at radius 3 is 2.42 bits per heavy atom. The van der Waals surface area contributed by atoms with Crippen LogP contribution in [0.3, 0.4) is 0 Å². The maximum Gasteiger partial charge on any atom is 0.408 e. The van der Waals surface area contributed by atoms with Gasteiger partial charge < -0.3 is 34.5 Å². The van der Waals surface area contributed by atoms with Gasteiger partial charge in [-0.2, -0.15) is 12.7 Å². The van der Waals surface area contributed by atoms with Crippen molar-refractivity contribution < 1.29 is 46.5 Å². The molecule has 2 aliphatic carbocycles. The molecule has 4 amide bonds. The number of aromatic nitrogens is 1. The summed E-state index contributed by atoms with van der Waals surface area (Å²) < 4.78 is 52.5. The third-order valence-electron chi connectivity index (χ3n) is 11.0. The highest BCUT2D eigenvalue weighted by molar-refractivity contribution is 7.87. The number of carbonyl (C=O) groups excluding carboxylic acids is 4. The molecule has 2 aromatic rings. The molecule has 1 aromatic carbocycles. The minimum absolute atomic E-state index is 0.0302. The second kappa shape index (κ2) is 15.9. The van der Waals surface area contributed by atoms with Gasteiger partial charge in [-0.15, -0.1) is 6.58 Å². The number of nitrogens with zero attached hydrogens (tertiary/aromatic N) is 3. The number of morpholine rings is 1. The third kappa shape index (κ3) is 8.53. The number of amides is 4. The first-order valence-electron chi connectivity index (χ1n) is 18.8. The highest BCUT2D eigenvalue weighted by atomic mass is 32.2. The summed E-state index contributed by atoms with van der Waals surface area (Å²) in [6, 6.07) is 3.10. The fraction of sp³-hybridized carbons (Fsp3) is 0.605. The van der Waals surface area contributed by atoms with Gasteiger partial charge in [0.05, 0.1) is 32.4 Å². The monoisotopic (exact) mass is 784 g/mol. The minimum atomic E-state index is -4.23. The summed E-state index contributed by atoms with van der Waals surface area (Å²) in [5, 5.41) is 6.29. The van der Waals surface area contributed by atoms with E-state index in [1.165, 1.54) is 11.0 Å². The number of alkyl carbamates (subject to hydrolysis) is 1. The largest absolute Gasteiger partial charge is 0.496 e. The van der Waals surface area contributed by atoms with Crippen LogP contribution < -0.4 is 24.8 Å². The molecular formula is C38H52N6O10S. The Labute approximate surface area is 321 Å². The number of fused-ring (bicyclic) bond motifs is 1. The second-order valence-corrected chi connectivity index (χ2v) is 17.5. The number of aryl methyl sites for hydroxylation is 1. The number of ether oxygens (including phenoxy) is 4. The molecule has 0 bridgehead atoms. The summed E-state index contributed by atoms with van der Waals surface area (Å²) in [7, 11) is -2.66. The van der Waals surface area contributed by atoms with Crippen LogP contribution in [-0.2, 0) is 34.1 Å². The lowest BCUT2D eigenvalue weighted by atomic mass is 9.85. The van der Waals surface area contributed by atoms with Gasteiger partial charge in [0.1, 0.15) is 41.3 Å². The molecule has 3 N–H and O–H groups in total. The normalized spacial score (nSPS) is 25.2. The summed E-state index contributed by atoms with van der Waals surface area (Å²) in [6.07, 6.45) is 5.01. The van der Waals surface area contributed by atoms with E-state index in [4.69, 9.17) is 18.9 Å². The fourth-order valence-electron chi connectivity index (χ4n) is 7.72. The second-order valence-electron chi connectivity index (χ2n) is 15.8. The number of pyridine rings is 1. The summed E-state index contributed by atoms with van der Waals surface area (Å²) in [4.78, 5) is 61.8. The Morgan fingerprint density at radius 1 is 1.07 bits per heavy atom. The van der Waals surface area contributed by atoms with Crippen LogP contribution in [0.25, 0.3) is 10.9 Å². The predicted molar refractivity (Wildman–Crippen MR) is 201 cm³/mol. The molecule has 2 aliphatic heterocycles. The lowest BCUT2D eigenvalue weighted by Crippen LogP contribution is -2.60. The van der Waals surface area contributed by atoms with E-state index in [0.717, 1.165) is 35.6 Å². The van der Waals surface area contributed by atoms with E-state index in [1.807, 2.05) is 19.1 Å². The Balaban J connectivity index is 1.27. The Kier molecular flexibility index (Phi) is 11.6. The topological polar surface area (TPSA) is 195 Å². The fourth-order valence-corrected chi connectivity index (χ4v) is 8.89. The van der Waals surface area contributed by atoms with E-state index in [-0.39, 0.29) is 51.8 Å². The molecule has 1 aromatic heterocycles. The van der Waals surface area contributed by atoms with Crippen LogP contribution in [0.15, 0.2) is 37.1 Å². The number of methoxy groups -OCH3 is 1. The molecule has 300 valence electrons. The van der Waals surface area contributed by atoms with Crippen LogP contribution in [-0.4, -0.2) is 116 Å². The first-order chi connectivity index (χ1) is 26.1. The number of benzene rings is 1. The van der Waals surface area contributed by atoms with Crippen molar-refractivity contribution in [3.05, 3.63) is 42.6 Å². The first kappa shape index (κ1) is 40.2. The summed E-state index contributed by atoms with van der Waals surface area (Å²) in [6.45, 7) is 11.6. The number of hydrogen-bond donors (Lipinski definition) is 3. The van der Waals surface area contributed by atoms with Crippen molar-refractivity contribution in [3.63, 3.8) is 0 Å². The average molecular weight is 785 g/mol. The lowest BCUT2D eigenvalue weighted by molar-refractivity contribution is -0.143. The van der Waals surface area contributed by atoms with Gasteiger partial charge in [-0.05, 0) is 62.6 Å². The summed E-state index contributed by atoms with van der Waals surface area (Å²) in [5.74, 6) is -1.54. The zero-order valence-electron chi connectivity index (χ0n) is 32.1. The molecule has 6 rings (SSSR count). The Hall–Kier alpha value is -4.48. The van der Waals surface area contributed by atoms with Crippen molar-refractivity contribution in [2.24, 2.45) is 11.3 Å². The highest BCUT2D eigenvalue weighted by Crippen LogP contribution is 2.45. The molecule has 5 atom stereocenters. The van der Waals surface area contributed by atoms with Gasteiger partial charge in [-0.1, -0.05) is 26.8 Å². The number of nitrogens with one attached hydrogen (secondary N) is 3. The lowest BCUT2D eigenvalue weighted by Gasteiger charge is -2.35. The zero-order chi connectivity index (χ0) is 39.7. The van der Waals surface area contributed by atoms with Gasteiger partial charge in [-0.25, -0.2) is 9.52 Å². The van der Waals surface area contributed by atoms with Crippen molar-refractivity contribution in [1.29, 1.82) is 0 Å². The van der Waals surface area contributed by atoms with E-state index in [9.17, 15) is 27.6 Å². The molecule has 2 saturated heterocycles. The van der Waals surface area contributed by atoms with Crippen molar-refractivity contribution in [3.8, 4) is 11.5 Å². The van der Waals surface area contributed by atoms with Crippen molar-refractivity contribution in [2.45, 2.75) is 96.1 Å². The summed E-state index contributed by atoms with van der Waals surface area (Å²) >= 11 is 0. The number of rotatable bonds is 12.